The molecule has 0 bridgehead atoms. The first kappa shape index (κ1) is 22.7. The number of alkyl carbamates (subject to hydrolysis) is 1. The van der Waals surface area contributed by atoms with Gasteiger partial charge >= 0.3 is 6.09 Å². The maximum atomic E-state index is 11.7. The molecular weight excluding hydrogens is 346 g/mol. The molecule has 9 nitrogen and oxygen atoms in total. The van der Waals surface area contributed by atoms with Gasteiger partial charge in [0.05, 0.1) is 19.2 Å². The van der Waals surface area contributed by atoms with Gasteiger partial charge in [-0.15, -0.1) is 10.2 Å². The fourth-order valence-corrected chi connectivity index (χ4v) is 2.67. The fraction of sp³-hybridized carbons (Fsp3) is 0.778. The number of aliphatic imine (C=N–C) groups is 1. The molecule has 1 unspecified atom stereocenters. The predicted octanol–water partition coefficient (Wildman–Crippen LogP) is 1.56. The van der Waals surface area contributed by atoms with E-state index >= 15 is 0 Å². The zero-order valence-corrected chi connectivity index (χ0v) is 17.3. The van der Waals surface area contributed by atoms with Gasteiger partial charge in [-0.05, 0) is 26.2 Å². The van der Waals surface area contributed by atoms with Crippen molar-refractivity contribution in [2.75, 3.05) is 26.2 Å². The number of nitrogens with one attached hydrogen (secondary N) is 3. The lowest BCUT2D eigenvalue weighted by atomic mass is 10.0. The zero-order valence-electron chi connectivity index (χ0n) is 17.3. The van der Waals surface area contributed by atoms with Gasteiger partial charge in [0.15, 0.2) is 5.96 Å². The van der Waals surface area contributed by atoms with E-state index in [4.69, 9.17) is 4.74 Å². The van der Waals surface area contributed by atoms with E-state index in [1.165, 1.54) is 0 Å². The molecule has 1 aromatic heterocycles. The van der Waals surface area contributed by atoms with Crippen LogP contribution in [0.1, 0.15) is 46.9 Å². The standard InChI is InChI=1S/C18H35N7O2/c1-6-16-24-22-13-25(16)10-9-20-17(19-7-2)21-12-15(11-14(4)5)23-18(26)27-8-3/h13-15H,6-12H2,1-5H3,(H,23,26)(H2,19,20,21). The molecular formula is C18H35N7O2. The summed E-state index contributed by atoms with van der Waals surface area (Å²) in [6.45, 7) is 13.2. The molecule has 0 fully saturated rings. The van der Waals surface area contributed by atoms with E-state index in [1.807, 2.05) is 11.5 Å². The number of aromatic nitrogens is 3. The summed E-state index contributed by atoms with van der Waals surface area (Å²) in [5.41, 5.74) is 0. The van der Waals surface area contributed by atoms with Crippen molar-refractivity contribution in [3.8, 4) is 0 Å². The highest BCUT2D eigenvalue weighted by molar-refractivity contribution is 5.79. The van der Waals surface area contributed by atoms with E-state index in [2.05, 4.69) is 51.9 Å². The molecule has 1 atom stereocenters. The molecule has 27 heavy (non-hydrogen) atoms. The normalized spacial score (nSPS) is 12.7. The van der Waals surface area contributed by atoms with Gasteiger partial charge in [-0.3, -0.25) is 4.99 Å². The maximum Gasteiger partial charge on any atom is 0.407 e. The van der Waals surface area contributed by atoms with E-state index in [-0.39, 0.29) is 6.04 Å². The zero-order chi connectivity index (χ0) is 20.1. The van der Waals surface area contributed by atoms with Crippen molar-refractivity contribution < 1.29 is 9.53 Å². The van der Waals surface area contributed by atoms with Crippen LogP contribution in [0.4, 0.5) is 4.79 Å². The highest BCUT2D eigenvalue weighted by Crippen LogP contribution is 2.05. The second-order valence-corrected chi connectivity index (χ2v) is 6.63. The Hall–Kier alpha value is -2.32. The molecule has 1 aromatic rings. The third-order valence-corrected chi connectivity index (χ3v) is 3.82. The summed E-state index contributed by atoms with van der Waals surface area (Å²) >= 11 is 0. The molecule has 0 radical (unpaired) electrons. The Bertz CT molecular complexity index is 572. The Balaban J connectivity index is 2.60. The molecule has 0 aliphatic heterocycles. The van der Waals surface area contributed by atoms with Gasteiger partial charge in [0, 0.05) is 26.1 Å². The number of carbonyl (C=O) groups excluding carboxylic acids is 1. The van der Waals surface area contributed by atoms with Gasteiger partial charge in [-0.2, -0.15) is 0 Å². The van der Waals surface area contributed by atoms with Crippen LogP contribution in [-0.2, 0) is 17.7 Å². The number of carbonyl (C=O) groups is 1. The Morgan fingerprint density at radius 1 is 1.30 bits per heavy atom. The minimum Gasteiger partial charge on any atom is -0.450 e. The first-order chi connectivity index (χ1) is 13.0. The first-order valence-electron chi connectivity index (χ1n) is 9.82. The van der Waals surface area contributed by atoms with Crippen LogP contribution >= 0.6 is 0 Å². The quantitative estimate of drug-likeness (QED) is 0.397. The third kappa shape index (κ3) is 9.25. The molecule has 0 spiro atoms. The van der Waals surface area contributed by atoms with Crippen molar-refractivity contribution >= 4 is 12.1 Å². The lowest BCUT2D eigenvalue weighted by molar-refractivity contribution is 0.147. The Kier molecular flexibility index (Phi) is 10.9. The fourth-order valence-electron chi connectivity index (χ4n) is 2.67. The number of rotatable bonds is 11. The molecule has 3 N–H and O–H groups in total. The summed E-state index contributed by atoms with van der Waals surface area (Å²) in [5, 5.41) is 17.5. The molecule has 0 aliphatic carbocycles. The van der Waals surface area contributed by atoms with E-state index in [1.54, 1.807) is 13.3 Å². The smallest absolute Gasteiger partial charge is 0.407 e. The average Bonchev–Trinajstić information content (AvgIpc) is 3.06. The second kappa shape index (κ2) is 12.9. The van der Waals surface area contributed by atoms with Crippen molar-refractivity contribution in [2.24, 2.45) is 10.9 Å². The van der Waals surface area contributed by atoms with Crippen LogP contribution in [0.25, 0.3) is 0 Å². The van der Waals surface area contributed by atoms with Gasteiger partial charge in [0.1, 0.15) is 12.2 Å². The molecule has 154 valence electrons. The Morgan fingerprint density at radius 3 is 2.70 bits per heavy atom. The lowest BCUT2D eigenvalue weighted by Crippen LogP contribution is -2.42. The summed E-state index contributed by atoms with van der Waals surface area (Å²) in [5.74, 6) is 2.14. The minimum absolute atomic E-state index is 0.0657. The number of hydrogen-bond donors (Lipinski definition) is 3. The first-order valence-corrected chi connectivity index (χ1v) is 9.82. The molecule has 0 aliphatic rings. The maximum absolute atomic E-state index is 11.7. The highest BCUT2D eigenvalue weighted by Gasteiger charge is 2.14. The van der Waals surface area contributed by atoms with Gasteiger partial charge in [-0.1, -0.05) is 20.8 Å². The van der Waals surface area contributed by atoms with Crippen molar-refractivity contribution in [1.82, 2.24) is 30.7 Å². The van der Waals surface area contributed by atoms with Crippen LogP contribution in [-0.4, -0.2) is 59.1 Å². The van der Waals surface area contributed by atoms with Crippen molar-refractivity contribution in [3.63, 3.8) is 0 Å². The predicted molar refractivity (Wildman–Crippen MR) is 107 cm³/mol. The van der Waals surface area contributed by atoms with E-state index < -0.39 is 6.09 Å². The molecule has 1 amide bonds. The number of hydrogen-bond acceptors (Lipinski definition) is 5. The second-order valence-electron chi connectivity index (χ2n) is 6.63. The monoisotopic (exact) mass is 381 g/mol. The molecule has 1 heterocycles. The summed E-state index contributed by atoms with van der Waals surface area (Å²) in [7, 11) is 0. The minimum atomic E-state index is -0.393. The molecule has 0 aromatic carbocycles. The number of nitrogens with zero attached hydrogens (tertiary/aromatic N) is 4. The van der Waals surface area contributed by atoms with Crippen LogP contribution in [0.3, 0.4) is 0 Å². The van der Waals surface area contributed by atoms with Gasteiger partial charge < -0.3 is 25.3 Å². The van der Waals surface area contributed by atoms with Crippen LogP contribution in [0.15, 0.2) is 11.3 Å². The molecule has 9 heteroatoms. The highest BCUT2D eigenvalue weighted by atomic mass is 16.5. The van der Waals surface area contributed by atoms with Gasteiger partial charge in [0.25, 0.3) is 0 Å². The average molecular weight is 382 g/mol. The van der Waals surface area contributed by atoms with E-state index in [0.717, 1.165) is 37.7 Å². The lowest BCUT2D eigenvalue weighted by Gasteiger charge is -2.19. The number of guanidine groups is 1. The Labute approximate surface area is 162 Å². The summed E-state index contributed by atoms with van der Waals surface area (Å²) < 4.78 is 7.02. The van der Waals surface area contributed by atoms with E-state index in [0.29, 0.717) is 25.6 Å². The molecule has 0 saturated heterocycles. The summed E-state index contributed by atoms with van der Waals surface area (Å²) in [6, 6.07) is -0.0657. The Morgan fingerprint density at radius 2 is 2.07 bits per heavy atom. The van der Waals surface area contributed by atoms with Crippen LogP contribution in [0, 0.1) is 5.92 Å². The van der Waals surface area contributed by atoms with Gasteiger partial charge in [-0.25, -0.2) is 4.79 Å². The van der Waals surface area contributed by atoms with Crippen molar-refractivity contribution in [2.45, 2.75) is 60.0 Å². The third-order valence-electron chi connectivity index (χ3n) is 3.82. The number of amides is 1. The van der Waals surface area contributed by atoms with Crippen molar-refractivity contribution in [1.29, 1.82) is 0 Å². The topological polar surface area (TPSA) is 105 Å². The van der Waals surface area contributed by atoms with Crippen LogP contribution in [0.5, 0.6) is 0 Å². The van der Waals surface area contributed by atoms with E-state index in [9.17, 15) is 4.79 Å². The summed E-state index contributed by atoms with van der Waals surface area (Å²) in [6.07, 6.45) is 3.04. The van der Waals surface area contributed by atoms with Crippen LogP contribution in [0.2, 0.25) is 0 Å². The molecule has 1 rings (SSSR count). The number of aryl methyl sites for hydroxylation is 1. The van der Waals surface area contributed by atoms with Crippen LogP contribution < -0.4 is 16.0 Å². The van der Waals surface area contributed by atoms with Crippen molar-refractivity contribution in [3.05, 3.63) is 12.2 Å². The molecule has 0 saturated carbocycles. The summed E-state index contributed by atoms with van der Waals surface area (Å²) in [4.78, 5) is 16.4. The number of ether oxygens (including phenoxy) is 1. The SMILES string of the molecule is CCNC(=NCC(CC(C)C)NC(=O)OCC)NCCn1cnnc1CC. The van der Waals surface area contributed by atoms with Gasteiger partial charge in [0.2, 0.25) is 0 Å². The largest absolute Gasteiger partial charge is 0.450 e.